The molecule has 1 aliphatic rings. The maximum absolute atomic E-state index is 9.78. The topological polar surface area (TPSA) is 78.1 Å². The summed E-state index contributed by atoms with van der Waals surface area (Å²) in [6, 6.07) is 17.4. The molecule has 0 saturated carbocycles. The summed E-state index contributed by atoms with van der Waals surface area (Å²) in [4.78, 5) is 0. The van der Waals surface area contributed by atoms with Gasteiger partial charge in [0.1, 0.15) is 6.61 Å². The Kier molecular flexibility index (Phi) is 6.12. The van der Waals surface area contributed by atoms with E-state index < -0.39 is 5.92 Å². The standard InChI is InChI=1S/C23H20ClN3O2/c1-14-19(11-25)22(20(12-26)15(2)27-14)18-5-4-6-21(28-3)23(18)29-13-16-7-9-17(24)10-8-16/h4-10,22,27H,13H2,1-3H3. The first-order chi connectivity index (χ1) is 14.0. The van der Waals surface area contributed by atoms with Gasteiger partial charge in [0, 0.05) is 22.0 Å². The Bertz CT molecular complexity index is 1040. The van der Waals surface area contributed by atoms with Crippen LogP contribution in [0.4, 0.5) is 0 Å². The number of ether oxygens (including phenoxy) is 2. The number of nitriles is 2. The van der Waals surface area contributed by atoms with Crippen LogP contribution in [0.5, 0.6) is 11.5 Å². The zero-order valence-corrected chi connectivity index (χ0v) is 17.2. The van der Waals surface area contributed by atoms with Crippen LogP contribution in [0.3, 0.4) is 0 Å². The van der Waals surface area contributed by atoms with Crippen molar-refractivity contribution in [3.8, 4) is 23.6 Å². The molecule has 2 aromatic carbocycles. The smallest absolute Gasteiger partial charge is 0.165 e. The first kappa shape index (κ1) is 20.3. The minimum atomic E-state index is -0.526. The van der Waals surface area contributed by atoms with E-state index in [2.05, 4.69) is 17.5 Å². The number of methoxy groups -OCH3 is 1. The van der Waals surface area contributed by atoms with E-state index in [0.29, 0.717) is 39.8 Å². The van der Waals surface area contributed by atoms with E-state index in [1.165, 1.54) is 0 Å². The Balaban J connectivity index is 2.09. The molecular formula is C23H20ClN3O2. The van der Waals surface area contributed by atoms with Crippen molar-refractivity contribution >= 4 is 11.6 Å². The van der Waals surface area contributed by atoms with E-state index in [0.717, 1.165) is 17.0 Å². The molecule has 0 radical (unpaired) electrons. The van der Waals surface area contributed by atoms with Crippen LogP contribution in [0.2, 0.25) is 5.02 Å². The van der Waals surface area contributed by atoms with Crippen LogP contribution < -0.4 is 14.8 Å². The van der Waals surface area contributed by atoms with E-state index in [1.807, 2.05) is 38.1 Å². The summed E-state index contributed by atoms with van der Waals surface area (Å²) in [5, 5.41) is 23.3. The SMILES string of the molecule is COc1cccc(C2C(C#N)=C(C)NC(C)=C2C#N)c1OCc1ccc(Cl)cc1. The zero-order chi connectivity index (χ0) is 21.0. The molecule has 3 rings (SSSR count). The van der Waals surface area contributed by atoms with Gasteiger partial charge in [0.2, 0.25) is 0 Å². The maximum atomic E-state index is 9.78. The van der Waals surface area contributed by atoms with Gasteiger partial charge in [-0.05, 0) is 37.6 Å². The molecule has 0 aromatic heterocycles. The normalized spacial score (nSPS) is 14.1. The summed E-state index contributed by atoms with van der Waals surface area (Å²) in [7, 11) is 1.56. The van der Waals surface area contributed by atoms with Gasteiger partial charge in [-0.15, -0.1) is 0 Å². The Morgan fingerprint density at radius 3 is 2.17 bits per heavy atom. The van der Waals surface area contributed by atoms with E-state index in [1.54, 1.807) is 25.3 Å². The summed E-state index contributed by atoms with van der Waals surface area (Å²) in [6.07, 6.45) is 0. The molecule has 0 bridgehead atoms. The molecule has 1 N–H and O–H groups in total. The van der Waals surface area contributed by atoms with Crippen LogP contribution in [0.1, 0.15) is 30.9 Å². The van der Waals surface area contributed by atoms with Crippen LogP contribution >= 0.6 is 11.6 Å². The van der Waals surface area contributed by atoms with Gasteiger partial charge in [-0.1, -0.05) is 35.9 Å². The molecule has 0 atom stereocenters. The van der Waals surface area contributed by atoms with E-state index >= 15 is 0 Å². The lowest BCUT2D eigenvalue weighted by atomic mass is 9.81. The number of benzene rings is 2. The molecule has 29 heavy (non-hydrogen) atoms. The molecule has 0 aliphatic carbocycles. The average molecular weight is 406 g/mol. The van der Waals surface area contributed by atoms with Crippen molar-refractivity contribution in [2.24, 2.45) is 0 Å². The van der Waals surface area contributed by atoms with Crippen molar-refractivity contribution in [2.45, 2.75) is 26.4 Å². The fourth-order valence-electron chi connectivity index (χ4n) is 3.41. The monoisotopic (exact) mass is 405 g/mol. The number of para-hydroxylation sites is 1. The molecule has 0 fully saturated rings. The number of nitrogens with zero attached hydrogens (tertiary/aromatic N) is 2. The van der Waals surface area contributed by atoms with Crippen LogP contribution in [-0.4, -0.2) is 7.11 Å². The minimum Gasteiger partial charge on any atom is -0.493 e. The lowest BCUT2D eigenvalue weighted by Gasteiger charge is -2.28. The van der Waals surface area contributed by atoms with Gasteiger partial charge in [0.05, 0.1) is 36.3 Å². The molecular weight excluding hydrogens is 386 g/mol. The predicted molar refractivity (Wildman–Crippen MR) is 111 cm³/mol. The molecule has 1 heterocycles. The van der Waals surface area contributed by atoms with E-state index in [9.17, 15) is 10.5 Å². The van der Waals surface area contributed by atoms with Crippen molar-refractivity contribution in [3.63, 3.8) is 0 Å². The van der Waals surface area contributed by atoms with Gasteiger partial charge < -0.3 is 14.8 Å². The highest BCUT2D eigenvalue weighted by Crippen LogP contribution is 2.44. The Morgan fingerprint density at radius 2 is 1.62 bits per heavy atom. The first-order valence-electron chi connectivity index (χ1n) is 9.03. The third-order valence-electron chi connectivity index (χ3n) is 4.84. The van der Waals surface area contributed by atoms with Crippen LogP contribution in [0.25, 0.3) is 0 Å². The number of hydrogen-bond acceptors (Lipinski definition) is 5. The van der Waals surface area contributed by atoms with Gasteiger partial charge in [0.15, 0.2) is 11.5 Å². The number of hydrogen-bond donors (Lipinski definition) is 1. The van der Waals surface area contributed by atoms with Gasteiger partial charge in [0.25, 0.3) is 0 Å². The van der Waals surface area contributed by atoms with Gasteiger partial charge in [-0.25, -0.2) is 0 Å². The number of allylic oxidation sites excluding steroid dienone is 4. The molecule has 5 nitrogen and oxygen atoms in total. The van der Waals surface area contributed by atoms with Gasteiger partial charge in [-0.2, -0.15) is 10.5 Å². The summed E-state index contributed by atoms with van der Waals surface area (Å²) < 4.78 is 11.7. The van der Waals surface area contributed by atoms with E-state index in [-0.39, 0.29) is 0 Å². The minimum absolute atomic E-state index is 0.296. The second kappa shape index (κ2) is 8.73. The summed E-state index contributed by atoms with van der Waals surface area (Å²) in [5.41, 5.74) is 4.07. The van der Waals surface area contributed by atoms with Crippen LogP contribution in [-0.2, 0) is 6.61 Å². The lowest BCUT2D eigenvalue weighted by Crippen LogP contribution is -2.23. The Labute approximate surface area is 175 Å². The third kappa shape index (κ3) is 4.06. The second-order valence-corrected chi connectivity index (χ2v) is 7.09. The quantitative estimate of drug-likeness (QED) is 0.738. The van der Waals surface area contributed by atoms with Crippen molar-refractivity contribution < 1.29 is 9.47 Å². The zero-order valence-electron chi connectivity index (χ0n) is 16.4. The highest BCUT2D eigenvalue weighted by atomic mass is 35.5. The van der Waals surface area contributed by atoms with Crippen LogP contribution in [0.15, 0.2) is 65.0 Å². The molecule has 0 spiro atoms. The fourth-order valence-corrected chi connectivity index (χ4v) is 3.54. The van der Waals surface area contributed by atoms with Gasteiger partial charge in [-0.3, -0.25) is 0 Å². The number of rotatable bonds is 5. The maximum Gasteiger partial charge on any atom is 0.165 e. The average Bonchev–Trinajstić information content (AvgIpc) is 2.72. The highest BCUT2D eigenvalue weighted by Gasteiger charge is 2.32. The Morgan fingerprint density at radius 1 is 1.00 bits per heavy atom. The van der Waals surface area contributed by atoms with Crippen molar-refractivity contribution in [2.75, 3.05) is 7.11 Å². The third-order valence-corrected chi connectivity index (χ3v) is 5.09. The van der Waals surface area contributed by atoms with Crippen LogP contribution in [0, 0.1) is 22.7 Å². The number of nitrogens with one attached hydrogen (secondary N) is 1. The first-order valence-corrected chi connectivity index (χ1v) is 9.40. The molecule has 146 valence electrons. The predicted octanol–water partition coefficient (Wildman–Crippen LogP) is 5.21. The summed E-state index contributed by atoms with van der Waals surface area (Å²) in [6.45, 7) is 3.96. The Hall–Kier alpha value is -3.41. The summed E-state index contributed by atoms with van der Waals surface area (Å²) in [5.74, 6) is 0.527. The van der Waals surface area contributed by atoms with Crippen molar-refractivity contribution in [3.05, 3.63) is 81.2 Å². The van der Waals surface area contributed by atoms with Crippen molar-refractivity contribution in [1.29, 1.82) is 10.5 Å². The largest absolute Gasteiger partial charge is 0.493 e. The van der Waals surface area contributed by atoms with E-state index in [4.69, 9.17) is 21.1 Å². The van der Waals surface area contributed by atoms with Gasteiger partial charge >= 0.3 is 0 Å². The molecule has 2 aromatic rings. The second-order valence-electron chi connectivity index (χ2n) is 6.65. The molecule has 0 unspecified atom stereocenters. The number of halogens is 1. The lowest BCUT2D eigenvalue weighted by molar-refractivity contribution is 0.281. The molecule has 0 saturated heterocycles. The van der Waals surface area contributed by atoms with Crippen molar-refractivity contribution in [1.82, 2.24) is 5.32 Å². The molecule has 6 heteroatoms. The molecule has 1 aliphatic heterocycles. The fraction of sp³-hybridized carbons (Fsp3) is 0.217. The highest BCUT2D eigenvalue weighted by molar-refractivity contribution is 6.30. The summed E-state index contributed by atoms with van der Waals surface area (Å²) >= 11 is 5.96. The molecule has 0 amide bonds. The number of dihydropyridines is 1.